The summed E-state index contributed by atoms with van der Waals surface area (Å²) in [6.45, 7) is 0. The number of nitrogens with zero attached hydrogens (tertiary/aromatic N) is 2. The molecule has 1 heterocycles. The van der Waals surface area contributed by atoms with Gasteiger partial charge in [-0.3, -0.25) is 0 Å². The molecule has 0 radical (unpaired) electrons. The number of nitrogens with two attached hydrogens (primary N) is 1. The lowest BCUT2D eigenvalue weighted by molar-refractivity contribution is -2.00. The van der Waals surface area contributed by atoms with Crippen molar-refractivity contribution in [2.45, 2.75) is 10.8 Å². The number of anilines is 1. The van der Waals surface area contributed by atoms with Crippen LogP contribution in [0.5, 0.6) is 0 Å². The van der Waals surface area contributed by atoms with Crippen molar-refractivity contribution in [3.8, 4) is 0 Å². The molecule has 0 atom stereocenters. The van der Waals surface area contributed by atoms with Crippen molar-refractivity contribution >= 4 is 17.4 Å². The molecule has 0 spiro atoms. The van der Waals surface area contributed by atoms with Crippen LogP contribution in [-0.2, 0) is 12.8 Å². The average molecular weight is 332 g/mol. The van der Waals surface area contributed by atoms with Crippen LogP contribution in [0.25, 0.3) is 0 Å². The molecule has 0 aliphatic carbocycles. The SMILES string of the molecule is C[n+]1ncc(N)cc1SCc1ccccc1.[O-][Cl+3]([O-])([O-])[O-]. The number of aromatic nitrogens is 2. The predicted octanol–water partition coefficient (Wildman–Crippen LogP) is -2.98. The molecule has 2 rings (SSSR count). The van der Waals surface area contributed by atoms with Crippen LogP contribution in [0.2, 0.25) is 0 Å². The molecule has 0 saturated carbocycles. The van der Waals surface area contributed by atoms with Crippen LogP contribution >= 0.6 is 11.8 Å². The number of rotatable bonds is 3. The second kappa shape index (κ2) is 8.13. The highest BCUT2D eigenvalue weighted by molar-refractivity contribution is 7.98. The minimum absolute atomic E-state index is 0.702. The maximum absolute atomic E-state index is 8.49. The van der Waals surface area contributed by atoms with Gasteiger partial charge in [0, 0.05) is 11.8 Å². The molecule has 21 heavy (non-hydrogen) atoms. The molecule has 0 bridgehead atoms. The summed E-state index contributed by atoms with van der Waals surface area (Å²) < 4.78 is 35.8. The number of aryl methyl sites for hydroxylation is 1. The molecule has 1 aromatic carbocycles. The molecule has 0 unspecified atom stereocenters. The predicted molar refractivity (Wildman–Crippen MR) is 65.8 cm³/mol. The topological polar surface area (TPSA) is 135 Å². The number of benzene rings is 1. The molecular weight excluding hydrogens is 318 g/mol. The lowest BCUT2D eigenvalue weighted by Crippen LogP contribution is -2.68. The smallest absolute Gasteiger partial charge is 0.268 e. The van der Waals surface area contributed by atoms with Crippen molar-refractivity contribution in [3.63, 3.8) is 0 Å². The third kappa shape index (κ3) is 8.45. The number of nitrogen functional groups attached to an aromatic ring is 1. The summed E-state index contributed by atoms with van der Waals surface area (Å²) in [4.78, 5) is 0. The van der Waals surface area contributed by atoms with Gasteiger partial charge >= 0.3 is 0 Å². The lowest BCUT2D eigenvalue weighted by Gasteiger charge is -2.17. The lowest BCUT2D eigenvalue weighted by atomic mass is 10.2. The van der Waals surface area contributed by atoms with Gasteiger partial charge in [-0.25, -0.2) is 18.6 Å². The van der Waals surface area contributed by atoms with Crippen LogP contribution in [0.15, 0.2) is 47.6 Å². The Kier molecular flexibility index (Phi) is 6.82. The van der Waals surface area contributed by atoms with Gasteiger partial charge in [0.2, 0.25) is 0 Å². The number of hydrogen-bond donors (Lipinski definition) is 1. The Hall–Kier alpha value is -1.42. The Morgan fingerprint density at radius 3 is 2.33 bits per heavy atom. The monoisotopic (exact) mass is 331 g/mol. The molecule has 2 N–H and O–H groups in total. The summed E-state index contributed by atoms with van der Waals surface area (Å²) in [5.41, 5.74) is 7.71. The van der Waals surface area contributed by atoms with E-state index in [4.69, 9.17) is 24.4 Å². The van der Waals surface area contributed by atoms with E-state index in [1.165, 1.54) is 5.56 Å². The van der Waals surface area contributed by atoms with E-state index >= 15 is 0 Å². The summed E-state index contributed by atoms with van der Waals surface area (Å²) in [5.74, 6) is 0.930. The Morgan fingerprint density at radius 1 is 1.19 bits per heavy atom. The molecule has 7 nitrogen and oxygen atoms in total. The zero-order valence-corrected chi connectivity index (χ0v) is 12.7. The summed E-state index contributed by atoms with van der Waals surface area (Å²) in [5, 5.41) is 5.23. The van der Waals surface area contributed by atoms with Crippen LogP contribution in [0.1, 0.15) is 5.56 Å². The Bertz CT molecular complexity index is 560. The standard InChI is InChI=1S/C12H13N3S.ClHO4/c1-15-12(7-11(13)8-14-15)16-9-10-5-3-2-4-6-10;2-1(3,4)5/h2-8,13H,9H2,1H3;(H,2,3,4,5). The van der Waals surface area contributed by atoms with E-state index in [2.05, 4.69) is 17.2 Å². The van der Waals surface area contributed by atoms with Crippen LogP contribution in [0, 0.1) is 10.2 Å². The summed E-state index contributed by atoms with van der Waals surface area (Å²) in [6, 6.07) is 12.3. The number of thioether (sulfide) groups is 1. The fraction of sp³-hybridized carbons (Fsp3) is 0.167. The van der Waals surface area contributed by atoms with E-state index in [1.807, 2.05) is 36.0 Å². The molecule has 0 aliphatic heterocycles. The quantitative estimate of drug-likeness (QED) is 0.468. The molecular formula is C12H14ClN3O4S. The molecule has 114 valence electrons. The van der Waals surface area contributed by atoms with E-state index in [-0.39, 0.29) is 0 Å². The zero-order chi connectivity index (χ0) is 15.9. The Balaban J connectivity index is 0.000000383. The van der Waals surface area contributed by atoms with Gasteiger partial charge in [-0.15, -0.1) is 10.2 Å². The van der Waals surface area contributed by atoms with Gasteiger partial charge in [-0.05, 0) is 22.4 Å². The summed E-state index contributed by atoms with van der Waals surface area (Å²) in [6.07, 6.45) is 1.66. The summed E-state index contributed by atoms with van der Waals surface area (Å²) in [7, 11) is -3.02. The fourth-order valence-corrected chi connectivity index (χ4v) is 2.31. The van der Waals surface area contributed by atoms with Crippen molar-refractivity contribution in [3.05, 3.63) is 48.2 Å². The van der Waals surface area contributed by atoms with Crippen LogP contribution in [-0.4, -0.2) is 5.10 Å². The van der Waals surface area contributed by atoms with Crippen molar-refractivity contribution in [1.29, 1.82) is 0 Å². The van der Waals surface area contributed by atoms with Crippen LogP contribution in [0.3, 0.4) is 0 Å². The first kappa shape index (κ1) is 17.6. The molecule has 0 fully saturated rings. The third-order valence-electron chi connectivity index (χ3n) is 2.22. The molecule has 9 heteroatoms. The van der Waals surface area contributed by atoms with E-state index in [0.717, 1.165) is 10.8 Å². The largest absolute Gasteiger partial charge is 0.397 e. The first-order valence-corrected chi connectivity index (χ1v) is 7.88. The third-order valence-corrected chi connectivity index (χ3v) is 3.37. The molecule has 0 amide bonds. The van der Waals surface area contributed by atoms with E-state index in [9.17, 15) is 0 Å². The molecule has 0 aliphatic rings. The number of hydrogen-bond acceptors (Lipinski definition) is 7. The Labute approximate surface area is 128 Å². The van der Waals surface area contributed by atoms with E-state index in [1.54, 1.807) is 18.0 Å². The molecule has 1 aromatic heterocycles. The second-order valence-electron chi connectivity index (χ2n) is 3.90. The first-order valence-electron chi connectivity index (χ1n) is 5.66. The van der Waals surface area contributed by atoms with Crippen molar-refractivity contribution in [2.75, 3.05) is 5.73 Å². The van der Waals surface area contributed by atoms with Crippen molar-refractivity contribution in [2.24, 2.45) is 7.05 Å². The van der Waals surface area contributed by atoms with Gasteiger partial charge in [0.25, 0.3) is 5.03 Å². The highest BCUT2D eigenvalue weighted by Gasteiger charge is 2.09. The fourth-order valence-electron chi connectivity index (χ4n) is 1.35. The van der Waals surface area contributed by atoms with Crippen LogP contribution in [0.4, 0.5) is 5.69 Å². The first-order chi connectivity index (χ1) is 9.75. The maximum atomic E-state index is 8.49. The van der Waals surface area contributed by atoms with Crippen molar-refractivity contribution in [1.82, 2.24) is 5.10 Å². The van der Waals surface area contributed by atoms with E-state index in [0.29, 0.717) is 5.69 Å². The summed E-state index contributed by atoms with van der Waals surface area (Å²) >= 11 is 1.73. The minimum atomic E-state index is -4.94. The van der Waals surface area contributed by atoms with Gasteiger partial charge in [0.15, 0.2) is 7.05 Å². The minimum Gasteiger partial charge on any atom is -0.397 e. The highest BCUT2D eigenvalue weighted by atomic mass is 35.7. The second-order valence-corrected chi connectivity index (χ2v) is 5.65. The van der Waals surface area contributed by atoms with Gasteiger partial charge < -0.3 is 5.73 Å². The van der Waals surface area contributed by atoms with Gasteiger partial charge in [-0.1, -0.05) is 35.0 Å². The normalized spacial score (nSPS) is 10.7. The van der Waals surface area contributed by atoms with Gasteiger partial charge in [0.1, 0.15) is 6.20 Å². The van der Waals surface area contributed by atoms with Crippen LogP contribution < -0.4 is 29.1 Å². The highest BCUT2D eigenvalue weighted by Crippen LogP contribution is 2.19. The van der Waals surface area contributed by atoms with E-state index < -0.39 is 10.2 Å². The zero-order valence-electron chi connectivity index (χ0n) is 11.1. The average Bonchev–Trinajstić information content (AvgIpc) is 2.39. The number of halogens is 1. The molecule has 0 saturated heterocycles. The maximum Gasteiger partial charge on any atom is 0.268 e. The van der Waals surface area contributed by atoms with Crippen molar-refractivity contribution < 1.29 is 33.6 Å². The van der Waals surface area contributed by atoms with Gasteiger partial charge in [-0.2, -0.15) is 0 Å². The molecule has 2 aromatic rings. The Morgan fingerprint density at radius 2 is 1.76 bits per heavy atom. The van der Waals surface area contributed by atoms with Gasteiger partial charge in [0.05, 0.1) is 5.69 Å².